The van der Waals surface area contributed by atoms with Gasteiger partial charge in [0, 0.05) is 0 Å². The van der Waals surface area contributed by atoms with Gasteiger partial charge in [0.05, 0.1) is 11.6 Å². The molecular weight excluding hydrogens is 142 g/mol. The summed E-state index contributed by atoms with van der Waals surface area (Å²) in [6, 6.07) is 0. The summed E-state index contributed by atoms with van der Waals surface area (Å²) in [5, 5.41) is 12.6. The van der Waals surface area contributed by atoms with Gasteiger partial charge in [-0.2, -0.15) is 0 Å². The minimum Gasteiger partial charge on any atom is -0.354 e. The Morgan fingerprint density at radius 3 is 1.82 bits per heavy atom. The fourth-order valence-electron chi connectivity index (χ4n) is 1.48. The molecule has 0 bridgehead atoms. The van der Waals surface area contributed by atoms with Crippen LogP contribution < -0.4 is 0 Å². The first-order chi connectivity index (χ1) is 4.78. The lowest BCUT2D eigenvalue weighted by Crippen LogP contribution is -2.47. The average molecular weight is 158 g/mol. The van der Waals surface area contributed by atoms with E-state index < -0.39 is 11.3 Å². The predicted molar refractivity (Wildman–Crippen MR) is 41.2 cm³/mol. The summed E-state index contributed by atoms with van der Waals surface area (Å²) >= 11 is 0. The molecule has 3 nitrogen and oxygen atoms in total. The minimum atomic E-state index is -0.664. The molecule has 0 aromatic heterocycles. The Hall–Kier alpha value is -0.120. The number of hydrogen-bond donors (Lipinski definition) is 0. The van der Waals surface area contributed by atoms with Crippen LogP contribution in [0.15, 0.2) is 0 Å². The molecule has 1 aliphatic heterocycles. The first-order valence-electron chi connectivity index (χ1n) is 3.94. The Bertz CT molecular complexity index is 165. The molecule has 1 unspecified atom stereocenters. The van der Waals surface area contributed by atoms with Gasteiger partial charge < -0.3 is 4.74 Å². The van der Waals surface area contributed by atoms with E-state index in [1.54, 1.807) is 13.8 Å². The molecule has 1 radical (unpaired) electrons. The van der Waals surface area contributed by atoms with E-state index in [1.807, 2.05) is 20.8 Å². The van der Waals surface area contributed by atoms with E-state index in [0.29, 0.717) is 0 Å². The van der Waals surface area contributed by atoms with Gasteiger partial charge in [-0.15, -0.1) is 10.3 Å². The lowest BCUT2D eigenvalue weighted by atomic mass is 9.99. The molecule has 1 aliphatic rings. The number of hydroxylamine groups is 2. The van der Waals surface area contributed by atoms with Crippen molar-refractivity contribution in [3.8, 4) is 0 Å². The van der Waals surface area contributed by atoms with Crippen molar-refractivity contribution in [2.75, 3.05) is 0 Å². The Balaban J connectivity index is 2.89. The largest absolute Gasteiger partial charge is 0.354 e. The summed E-state index contributed by atoms with van der Waals surface area (Å²) in [5.41, 5.74) is -1.06. The standard InChI is InChI=1S/C8H16NO2/c1-6-7(2,3)9(10)8(4,5)11-6/h6H,1-5H3. The van der Waals surface area contributed by atoms with Gasteiger partial charge in [-0.25, -0.2) is 0 Å². The molecule has 11 heavy (non-hydrogen) atoms. The highest BCUT2D eigenvalue weighted by Crippen LogP contribution is 2.37. The van der Waals surface area contributed by atoms with Crippen LogP contribution in [0.1, 0.15) is 34.6 Å². The van der Waals surface area contributed by atoms with Crippen molar-refractivity contribution in [1.29, 1.82) is 0 Å². The van der Waals surface area contributed by atoms with E-state index in [-0.39, 0.29) is 6.10 Å². The molecule has 1 rings (SSSR count). The summed E-state index contributed by atoms with van der Waals surface area (Å²) in [4.78, 5) is 0. The van der Waals surface area contributed by atoms with Gasteiger partial charge in [0.2, 0.25) is 0 Å². The van der Waals surface area contributed by atoms with E-state index in [9.17, 15) is 5.21 Å². The predicted octanol–water partition coefficient (Wildman–Crippen LogP) is 1.57. The van der Waals surface area contributed by atoms with Gasteiger partial charge in [-0.1, -0.05) is 0 Å². The van der Waals surface area contributed by atoms with Crippen molar-refractivity contribution in [3.63, 3.8) is 0 Å². The van der Waals surface area contributed by atoms with Crippen LogP contribution in [-0.4, -0.2) is 22.4 Å². The van der Waals surface area contributed by atoms with Gasteiger partial charge in [-0.3, -0.25) is 0 Å². The lowest BCUT2D eigenvalue weighted by Gasteiger charge is -2.29. The molecule has 0 aliphatic carbocycles. The third-order valence-corrected chi connectivity index (χ3v) is 2.47. The van der Waals surface area contributed by atoms with E-state index in [4.69, 9.17) is 4.74 Å². The van der Waals surface area contributed by atoms with Gasteiger partial charge in [0.15, 0.2) is 0 Å². The number of hydrogen-bond acceptors (Lipinski definition) is 2. The average Bonchev–Trinajstić information content (AvgIpc) is 1.94. The normalized spacial score (nSPS) is 36.0. The molecule has 0 aromatic rings. The molecule has 1 atom stereocenters. The molecule has 0 aromatic carbocycles. The Morgan fingerprint density at radius 1 is 1.27 bits per heavy atom. The van der Waals surface area contributed by atoms with Crippen molar-refractivity contribution >= 4 is 0 Å². The molecule has 0 saturated carbocycles. The number of ether oxygens (including phenoxy) is 1. The van der Waals surface area contributed by atoms with Gasteiger partial charge in [0.1, 0.15) is 5.72 Å². The van der Waals surface area contributed by atoms with E-state index >= 15 is 0 Å². The second kappa shape index (κ2) is 2.19. The summed E-state index contributed by atoms with van der Waals surface area (Å²) in [5.74, 6) is 0. The molecule has 0 spiro atoms. The second-order valence-electron chi connectivity index (χ2n) is 4.15. The van der Waals surface area contributed by atoms with Crippen molar-refractivity contribution in [2.45, 2.75) is 52.0 Å². The fraction of sp³-hybridized carbons (Fsp3) is 1.00. The molecule has 0 N–H and O–H groups in total. The van der Waals surface area contributed by atoms with Crippen LogP contribution in [0.5, 0.6) is 0 Å². The monoisotopic (exact) mass is 158 g/mol. The van der Waals surface area contributed by atoms with Gasteiger partial charge in [-0.05, 0) is 34.6 Å². The van der Waals surface area contributed by atoms with Crippen molar-refractivity contribution < 1.29 is 9.94 Å². The third-order valence-electron chi connectivity index (χ3n) is 2.47. The van der Waals surface area contributed by atoms with E-state index in [0.717, 1.165) is 5.06 Å². The zero-order valence-corrected chi connectivity index (χ0v) is 7.84. The van der Waals surface area contributed by atoms with Crippen LogP contribution in [0.3, 0.4) is 0 Å². The fourth-order valence-corrected chi connectivity index (χ4v) is 1.48. The van der Waals surface area contributed by atoms with Crippen LogP contribution in [0.25, 0.3) is 0 Å². The molecule has 65 valence electrons. The van der Waals surface area contributed by atoms with Crippen molar-refractivity contribution in [1.82, 2.24) is 5.06 Å². The van der Waals surface area contributed by atoms with Crippen molar-refractivity contribution in [3.05, 3.63) is 0 Å². The van der Waals surface area contributed by atoms with Crippen LogP contribution in [-0.2, 0) is 9.94 Å². The van der Waals surface area contributed by atoms with Crippen LogP contribution in [0, 0.1) is 0 Å². The molecule has 1 heterocycles. The zero-order valence-electron chi connectivity index (χ0n) is 7.84. The van der Waals surface area contributed by atoms with Gasteiger partial charge in [0.25, 0.3) is 0 Å². The SMILES string of the molecule is CC1OC(C)(C)N([O])C1(C)C. The van der Waals surface area contributed by atoms with Crippen LogP contribution in [0.2, 0.25) is 0 Å². The number of rotatable bonds is 0. The zero-order chi connectivity index (χ0) is 8.86. The summed E-state index contributed by atoms with van der Waals surface area (Å²) in [7, 11) is 0. The quantitative estimate of drug-likeness (QED) is 0.536. The molecule has 3 heteroatoms. The molecular formula is C8H16NO2. The van der Waals surface area contributed by atoms with E-state index in [2.05, 4.69) is 0 Å². The third kappa shape index (κ3) is 1.17. The minimum absolute atomic E-state index is 0.00463. The Morgan fingerprint density at radius 2 is 1.73 bits per heavy atom. The van der Waals surface area contributed by atoms with Crippen LogP contribution in [0.4, 0.5) is 0 Å². The smallest absolute Gasteiger partial charge is 0.142 e. The lowest BCUT2D eigenvalue weighted by molar-refractivity contribution is -0.277. The maximum Gasteiger partial charge on any atom is 0.142 e. The van der Waals surface area contributed by atoms with E-state index in [1.165, 1.54) is 0 Å². The number of nitrogens with zero attached hydrogens (tertiary/aromatic N) is 1. The topological polar surface area (TPSA) is 32.4 Å². The van der Waals surface area contributed by atoms with Crippen LogP contribution >= 0.6 is 0 Å². The molecule has 1 saturated heterocycles. The summed E-state index contributed by atoms with van der Waals surface area (Å²) < 4.78 is 5.49. The maximum atomic E-state index is 11.6. The maximum absolute atomic E-state index is 11.6. The van der Waals surface area contributed by atoms with Crippen molar-refractivity contribution in [2.24, 2.45) is 0 Å². The first-order valence-corrected chi connectivity index (χ1v) is 3.94. The highest BCUT2D eigenvalue weighted by Gasteiger charge is 2.51. The summed E-state index contributed by atoms with van der Waals surface area (Å²) in [6.45, 7) is 9.33. The summed E-state index contributed by atoms with van der Waals surface area (Å²) in [6.07, 6.45) is -0.00463. The molecule has 0 amide bonds. The van der Waals surface area contributed by atoms with Gasteiger partial charge >= 0.3 is 0 Å². The highest BCUT2D eigenvalue weighted by molar-refractivity contribution is 4.94. The highest BCUT2D eigenvalue weighted by atomic mass is 16.6. The Kier molecular flexibility index (Phi) is 1.78. The molecule has 1 fully saturated rings. The second-order valence-corrected chi connectivity index (χ2v) is 4.15. The first kappa shape index (κ1) is 8.97. The Labute approximate surface area is 67.9 Å².